The molecule has 0 aromatic carbocycles. The lowest BCUT2D eigenvalue weighted by Gasteiger charge is -2.37. The first-order valence-corrected chi connectivity index (χ1v) is 9.05. The van der Waals surface area contributed by atoms with Gasteiger partial charge in [0.1, 0.15) is 11.9 Å². The summed E-state index contributed by atoms with van der Waals surface area (Å²) in [5.41, 5.74) is 0. The highest BCUT2D eigenvalue weighted by Gasteiger charge is 2.36. The summed E-state index contributed by atoms with van der Waals surface area (Å²) in [6, 6.07) is 3.04. The number of carbonyl (C=O) groups is 2. The molecule has 0 unspecified atom stereocenters. The van der Waals surface area contributed by atoms with Crippen molar-refractivity contribution in [2.45, 2.75) is 32.4 Å². The molecular weight excluding hydrogens is 342 g/mol. The lowest BCUT2D eigenvalue weighted by atomic mass is 10.00. The fraction of sp³-hybridized carbons (Fsp3) is 0.588. The van der Waals surface area contributed by atoms with Crippen molar-refractivity contribution in [3.63, 3.8) is 0 Å². The molecular formula is C17H24ClN5O2. The molecule has 2 aliphatic heterocycles. The molecule has 1 aromatic heterocycles. The number of aromatic nitrogens is 1. The van der Waals surface area contributed by atoms with Crippen LogP contribution in [0.5, 0.6) is 0 Å². The van der Waals surface area contributed by atoms with Gasteiger partial charge in [0.2, 0.25) is 5.91 Å². The Labute approximate surface area is 152 Å². The maximum atomic E-state index is 12.7. The number of hydrogen-bond acceptors (Lipinski definition) is 4. The second-order valence-electron chi connectivity index (χ2n) is 6.86. The average molecular weight is 366 g/mol. The van der Waals surface area contributed by atoms with Gasteiger partial charge in [0.05, 0.1) is 5.02 Å². The van der Waals surface area contributed by atoms with Gasteiger partial charge in [-0.15, -0.1) is 0 Å². The smallest absolute Gasteiger partial charge is 0.318 e. The zero-order chi connectivity index (χ0) is 18.0. The van der Waals surface area contributed by atoms with E-state index in [2.05, 4.69) is 20.5 Å². The Morgan fingerprint density at radius 1 is 1.44 bits per heavy atom. The van der Waals surface area contributed by atoms with E-state index in [9.17, 15) is 9.59 Å². The lowest BCUT2D eigenvalue weighted by Crippen LogP contribution is -2.62. The third kappa shape index (κ3) is 3.81. The predicted molar refractivity (Wildman–Crippen MR) is 96.7 cm³/mol. The summed E-state index contributed by atoms with van der Waals surface area (Å²) in [6.45, 7) is 6.38. The molecule has 25 heavy (non-hydrogen) atoms. The van der Waals surface area contributed by atoms with Crippen LogP contribution in [-0.4, -0.2) is 60.1 Å². The number of nitrogens with zero attached hydrogens (tertiary/aromatic N) is 3. The molecule has 3 amide bonds. The van der Waals surface area contributed by atoms with Gasteiger partial charge < -0.3 is 20.4 Å². The number of nitrogens with one attached hydrogen (secondary N) is 2. The maximum Gasteiger partial charge on any atom is 0.318 e. The molecule has 2 aliphatic rings. The minimum atomic E-state index is -0.420. The van der Waals surface area contributed by atoms with Crippen molar-refractivity contribution in [1.29, 1.82) is 0 Å². The minimum absolute atomic E-state index is 0.0170. The number of piperazine rings is 1. The molecule has 0 aliphatic carbocycles. The molecule has 3 rings (SSSR count). The van der Waals surface area contributed by atoms with Crippen LogP contribution >= 0.6 is 11.6 Å². The molecule has 2 fully saturated rings. The molecule has 2 atom stereocenters. The molecule has 3 heterocycles. The number of pyridine rings is 1. The van der Waals surface area contributed by atoms with E-state index in [1.54, 1.807) is 17.2 Å². The van der Waals surface area contributed by atoms with E-state index in [-0.39, 0.29) is 23.9 Å². The zero-order valence-corrected chi connectivity index (χ0v) is 15.3. The van der Waals surface area contributed by atoms with E-state index in [0.29, 0.717) is 24.7 Å². The summed E-state index contributed by atoms with van der Waals surface area (Å²) >= 11 is 6.21. The largest absolute Gasteiger partial charge is 0.353 e. The van der Waals surface area contributed by atoms with Crippen LogP contribution in [0.15, 0.2) is 18.3 Å². The van der Waals surface area contributed by atoms with Crippen molar-refractivity contribution in [2.24, 2.45) is 5.92 Å². The third-order valence-corrected chi connectivity index (χ3v) is 5.00. The first-order valence-electron chi connectivity index (χ1n) is 8.67. The summed E-state index contributed by atoms with van der Waals surface area (Å²) in [5.74, 6) is 0.737. The van der Waals surface area contributed by atoms with Crippen LogP contribution < -0.4 is 15.5 Å². The topological polar surface area (TPSA) is 77.6 Å². The Bertz CT molecular complexity index is 654. The molecule has 0 radical (unpaired) electrons. The molecule has 0 saturated carbocycles. The molecule has 0 bridgehead atoms. The van der Waals surface area contributed by atoms with Crippen molar-refractivity contribution < 1.29 is 9.59 Å². The SMILES string of the molecule is CC(C)[C@H]1C(=O)NCCN1C(=O)N[C@H]1CCN(c2ncccc2Cl)C1. The van der Waals surface area contributed by atoms with Gasteiger partial charge >= 0.3 is 6.03 Å². The Balaban J connectivity index is 1.62. The van der Waals surface area contributed by atoms with Gasteiger partial charge in [-0.2, -0.15) is 0 Å². The van der Waals surface area contributed by atoms with Gasteiger partial charge in [0.25, 0.3) is 0 Å². The second kappa shape index (κ2) is 7.47. The van der Waals surface area contributed by atoms with Gasteiger partial charge in [-0.25, -0.2) is 9.78 Å². The normalized spacial score (nSPS) is 23.8. The molecule has 7 nitrogen and oxygen atoms in total. The van der Waals surface area contributed by atoms with Crippen LogP contribution in [0.25, 0.3) is 0 Å². The summed E-state index contributed by atoms with van der Waals surface area (Å²) in [5, 5.41) is 6.52. The third-order valence-electron chi connectivity index (χ3n) is 4.70. The van der Waals surface area contributed by atoms with Crippen LogP contribution in [-0.2, 0) is 4.79 Å². The fourth-order valence-corrected chi connectivity index (χ4v) is 3.75. The average Bonchev–Trinajstić information content (AvgIpc) is 3.02. The zero-order valence-electron chi connectivity index (χ0n) is 14.5. The van der Waals surface area contributed by atoms with Crippen molar-refractivity contribution >= 4 is 29.4 Å². The van der Waals surface area contributed by atoms with Gasteiger partial charge in [-0.3, -0.25) is 4.79 Å². The summed E-state index contributed by atoms with van der Waals surface area (Å²) in [4.78, 5) is 32.9. The molecule has 136 valence electrons. The van der Waals surface area contributed by atoms with Gasteiger partial charge in [0, 0.05) is 38.4 Å². The summed E-state index contributed by atoms with van der Waals surface area (Å²) < 4.78 is 0. The first kappa shape index (κ1) is 17.8. The Hall–Kier alpha value is -2.02. The Morgan fingerprint density at radius 3 is 2.96 bits per heavy atom. The van der Waals surface area contributed by atoms with Crippen LogP contribution in [0.3, 0.4) is 0 Å². The number of amides is 3. The van der Waals surface area contributed by atoms with Crippen molar-refractivity contribution in [3.05, 3.63) is 23.4 Å². The van der Waals surface area contributed by atoms with Crippen LogP contribution in [0.4, 0.5) is 10.6 Å². The Kier molecular flexibility index (Phi) is 5.32. The number of rotatable bonds is 3. The highest BCUT2D eigenvalue weighted by Crippen LogP contribution is 2.26. The van der Waals surface area contributed by atoms with E-state index >= 15 is 0 Å². The van der Waals surface area contributed by atoms with E-state index in [0.717, 1.165) is 18.8 Å². The fourth-order valence-electron chi connectivity index (χ4n) is 3.51. The molecule has 8 heteroatoms. The van der Waals surface area contributed by atoms with E-state index in [1.807, 2.05) is 19.9 Å². The van der Waals surface area contributed by atoms with Crippen LogP contribution in [0, 0.1) is 5.92 Å². The standard InChI is InChI=1S/C17H24ClN5O2/c1-11(2)14-16(24)20-7-9-23(14)17(25)21-12-5-8-22(10-12)15-13(18)4-3-6-19-15/h3-4,6,11-12,14H,5,7-10H2,1-2H3,(H,20,24)(H,21,25)/t12-,14-/m0/s1. The minimum Gasteiger partial charge on any atom is -0.353 e. The van der Waals surface area contributed by atoms with E-state index in [1.165, 1.54) is 0 Å². The highest BCUT2D eigenvalue weighted by atomic mass is 35.5. The van der Waals surface area contributed by atoms with Gasteiger partial charge in [-0.1, -0.05) is 25.4 Å². The van der Waals surface area contributed by atoms with Crippen LogP contribution in [0.2, 0.25) is 5.02 Å². The van der Waals surface area contributed by atoms with E-state index < -0.39 is 6.04 Å². The quantitative estimate of drug-likeness (QED) is 0.850. The van der Waals surface area contributed by atoms with Gasteiger partial charge in [-0.05, 0) is 24.5 Å². The maximum absolute atomic E-state index is 12.7. The van der Waals surface area contributed by atoms with Crippen molar-refractivity contribution in [3.8, 4) is 0 Å². The number of anilines is 1. The number of urea groups is 1. The number of hydrogen-bond donors (Lipinski definition) is 2. The van der Waals surface area contributed by atoms with Crippen molar-refractivity contribution in [2.75, 3.05) is 31.1 Å². The van der Waals surface area contributed by atoms with Crippen LogP contribution in [0.1, 0.15) is 20.3 Å². The molecule has 2 saturated heterocycles. The van der Waals surface area contributed by atoms with Gasteiger partial charge in [0.15, 0.2) is 0 Å². The molecule has 2 N–H and O–H groups in total. The second-order valence-corrected chi connectivity index (χ2v) is 7.27. The number of halogens is 1. The monoisotopic (exact) mass is 365 g/mol. The molecule has 1 aromatic rings. The highest BCUT2D eigenvalue weighted by molar-refractivity contribution is 6.32. The lowest BCUT2D eigenvalue weighted by molar-refractivity contribution is -0.129. The summed E-state index contributed by atoms with van der Waals surface area (Å²) in [7, 11) is 0. The first-order chi connectivity index (χ1) is 12.0. The predicted octanol–water partition coefficient (Wildman–Crippen LogP) is 1.48. The summed E-state index contributed by atoms with van der Waals surface area (Å²) in [6.07, 6.45) is 2.54. The van der Waals surface area contributed by atoms with E-state index in [4.69, 9.17) is 11.6 Å². The number of carbonyl (C=O) groups excluding carboxylic acids is 2. The Morgan fingerprint density at radius 2 is 2.24 bits per heavy atom. The molecule has 0 spiro atoms. The van der Waals surface area contributed by atoms with Crippen molar-refractivity contribution in [1.82, 2.24) is 20.5 Å².